The maximum absolute atomic E-state index is 12.3. The van der Waals surface area contributed by atoms with Crippen LogP contribution in [0.5, 0.6) is 0 Å². The first-order valence-corrected chi connectivity index (χ1v) is 5.65. The lowest BCUT2D eigenvalue weighted by Crippen LogP contribution is -2.14. The topological polar surface area (TPSA) is 17.1 Å². The normalized spacial score (nSPS) is 13.5. The molecule has 0 heterocycles. The van der Waals surface area contributed by atoms with Gasteiger partial charge in [0.1, 0.15) is 0 Å². The van der Waals surface area contributed by atoms with Crippen LogP contribution in [0.1, 0.15) is 35.7 Å². The minimum atomic E-state index is -4.38. The van der Waals surface area contributed by atoms with Crippen LogP contribution in [0.2, 0.25) is 0 Å². The van der Waals surface area contributed by atoms with Gasteiger partial charge in [-0.2, -0.15) is 13.2 Å². The number of rotatable bonds is 4. The number of hydrogen-bond acceptors (Lipinski definition) is 1. The Morgan fingerprint density at radius 3 is 2.24 bits per heavy atom. The highest BCUT2D eigenvalue weighted by Gasteiger charge is 2.30. The lowest BCUT2D eigenvalue weighted by molar-refractivity contribution is -0.137. The van der Waals surface area contributed by atoms with Crippen molar-refractivity contribution in [3.63, 3.8) is 0 Å². The molecule has 94 valence electrons. The van der Waals surface area contributed by atoms with E-state index in [9.17, 15) is 18.0 Å². The molecule has 1 unspecified atom stereocenters. The van der Waals surface area contributed by atoms with Crippen LogP contribution in [-0.2, 0) is 6.18 Å². The van der Waals surface area contributed by atoms with E-state index in [0.717, 1.165) is 30.7 Å². The summed E-state index contributed by atoms with van der Waals surface area (Å²) in [5.41, 5.74) is -0.554. The smallest absolute Gasteiger partial charge is 0.293 e. The second-order valence-electron chi connectivity index (χ2n) is 3.70. The molecule has 0 amide bonds. The Morgan fingerprint density at radius 1 is 1.29 bits per heavy atom. The lowest BCUT2D eigenvalue weighted by atomic mass is 10.0. The van der Waals surface area contributed by atoms with Crippen molar-refractivity contribution >= 4 is 17.4 Å². The molecule has 1 aromatic rings. The van der Waals surface area contributed by atoms with Crippen LogP contribution in [0, 0.1) is 0 Å². The summed E-state index contributed by atoms with van der Waals surface area (Å²) in [4.78, 5) is 11.7. The van der Waals surface area contributed by atoms with E-state index in [2.05, 4.69) is 0 Å². The lowest BCUT2D eigenvalue weighted by Gasteiger charge is -2.09. The van der Waals surface area contributed by atoms with E-state index in [-0.39, 0.29) is 11.3 Å². The summed E-state index contributed by atoms with van der Waals surface area (Å²) < 4.78 is 36.9. The first-order valence-electron chi connectivity index (χ1n) is 5.21. The Labute approximate surface area is 103 Å². The van der Waals surface area contributed by atoms with Gasteiger partial charge in [-0.15, -0.1) is 11.6 Å². The minimum Gasteiger partial charge on any atom is -0.293 e. The molecular weight excluding hydrogens is 253 g/mol. The zero-order chi connectivity index (χ0) is 13.1. The van der Waals surface area contributed by atoms with E-state index < -0.39 is 17.1 Å². The molecule has 0 bridgehead atoms. The van der Waals surface area contributed by atoms with Crippen molar-refractivity contribution in [2.45, 2.75) is 31.3 Å². The third kappa shape index (κ3) is 3.73. The number of alkyl halides is 4. The van der Waals surface area contributed by atoms with Crippen LogP contribution in [0.3, 0.4) is 0 Å². The van der Waals surface area contributed by atoms with Crippen LogP contribution in [-0.4, -0.2) is 11.2 Å². The maximum Gasteiger partial charge on any atom is 0.416 e. The standard InChI is InChI=1S/C12H12ClF3O/c1-2-3-10(13)11(17)8-4-6-9(7-5-8)12(14,15)16/h4-7,10H,2-3H2,1H3. The molecule has 0 fully saturated rings. The van der Waals surface area contributed by atoms with Crippen molar-refractivity contribution in [3.05, 3.63) is 35.4 Å². The van der Waals surface area contributed by atoms with Gasteiger partial charge in [-0.3, -0.25) is 4.79 Å². The number of ketones is 1. The summed E-state index contributed by atoms with van der Waals surface area (Å²) in [6.45, 7) is 1.88. The second-order valence-corrected chi connectivity index (χ2v) is 4.22. The molecule has 17 heavy (non-hydrogen) atoms. The minimum absolute atomic E-state index is 0.214. The van der Waals surface area contributed by atoms with E-state index in [4.69, 9.17) is 11.6 Å². The summed E-state index contributed by atoms with van der Waals surface area (Å²) >= 11 is 5.82. The second kappa shape index (κ2) is 5.54. The molecule has 0 aliphatic rings. The van der Waals surface area contributed by atoms with Crippen molar-refractivity contribution in [1.82, 2.24) is 0 Å². The fourth-order valence-corrected chi connectivity index (χ4v) is 1.73. The van der Waals surface area contributed by atoms with Gasteiger partial charge >= 0.3 is 6.18 Å². The summed E-state index contributed by atoms with van der Waals surface area (Å²) in [5, 5.41) is -0.670. The van der Waals surface area contributed by atoms with Crippen molar-refractivity contribution < 1.29 is 18.0 Å². The molecule has 0 saturated carbocycles. The predicted molar refractivity (Wildman–Crippen MR) is 60.3 cm³/mol. The molecule has 5 heteroatoms. The molecule has 1 nitrogen and oxygen atoms in total. The molecule has 0 aliphatic heterocycles. The van der Waals surface area contributed by atoms with E-state index >= 15 is 0 Å². The number of carbonyl (C=O) groups excluding carboxylic acids is 1. The fourth-order valence-electron chi connectivity index (χ4n) is 1.39. The highest BCUT2D eigenvalue weighted by Crippen LogP contribution is 2.29. The number of Topliss-reactive ketones (excluding diaryl/α,β-unsaturated/α-hetero) is 1. The monoisotopic (exact) mass is 264 g/mol. The third-order valence-corrected chi connectivity index (χ3v) is 2.74. The molecule has 0 spiro atoms. The van der Waals surface area contributed by atoms with Gasteiger partial charge in [0.2, 0.25) is 0 Å². The van der Waals surface area contributed by atoms with Gasteiger partial charge in [0.15, 0.2) is 5.78 Å². The first-order chi connectivity index (χ1) is 7.86. The van der Waals surface area contributed by atoms with Gasteiger partial charge in [-0.05, 0) is 18.6 Å². The van der Waals surface area contributed by atoms with E-state index in [0.29, 0.717) is 6.42 Å². The molecule has 0 aliphatic carbocycles. The SMILES string of the molecule is CCCC(Cl)C(=O)c1ccc(C(F)(F)F)cc1. The molecule has 0 N–H and O–H groups in total. The van der Waals surface area contributed by atoms with Gasteiger partial charge in [0.05, 0.1) is 10.9 Å². The van der Waals surface area contributed by atoms with Gasteiger partial charge in [-0.1, -0.05) is 25.5 Å². The summed E-state index contributed by atoms with van der Waals surface area (Å²) in [7, 11) is 0. The van der Waals surface area contributed by atoms with Crippen LogP contribution in [0.4, 0.5) is 13.2 Å². The first kappa shape index (κ1) is 14.0. The number of hydrogen-bond donors (Lipinski definition) is 0. The summed E-state index contributed by atoms with van der Waals surface area (Å²) in [6, 6.07) is 4.11. The molecular formula is C12H12ClF3O. The molecule has 1 rings (SSSR count). The largest absolute Gasteiger partial charge is 0.416 e. The predicted octanol–water partition coefficient (Wildman–Crippen LogP) is 4.30. The Hall–Kier alpha value is -1.03. The van der Waals surface area contributed by atoms with E-state index in [1.54, 1.807) is 0 Å². The maximum atomic E-state index is 12.3. The van der Waals surface area contributed by atoms with Gasteiger partial charge in [0, 0.05) is 5.56 Å². The van der Waals surface area contributed by atoms with Crippen LogP contribution in [0.25, 0.3) is 0 Å². The highest BCUT2D eigenvalue weighted by atomic mass is 35.5. The fraction of sp³-hybridized carbons (Fsp3) is 0.417. The molecule has 0 radical (unpaired) electrons. The average Bonchev–Trinajstić information content (AvgIpc) is 2.27. The zero-order valence-electron chi connectivity index (χ0n) is 9.22. The molecule has 0 aromatic heterocycles. The van der Waals surface area contributed by atoms with Crippen molar-refractivity contribution in [3.8, 4) is 0 Å². The molecule has 1 atom stereocenters. The Bertz CT molecular complexity index is 384. The van der Waals surface area contributed by atoms with Gasteiger partial charge in [-0.25, -0.2) is 0 Å². The molecule has 0 saturated heterocycles. The third-order valence-electron chi connectivity index (χ3n) is 2.32. The van der Waals surface area contributed by atoms with Gasteiger partial charge < -0.3 is 0 Å². The molecule has 1 aromatic carbocycles. The Morgan fingerprint density at radius 2 is 1.82 bits per heavy atom. The Balaban J connectivity index is 2.84. The van der Waals surface area contributed by atoms with Crippen LogP contribution < -0.4 is 0 Å². The number of carbonyl (C=O) groups is 1. The van der Waals surface area contributed by atoms with Crippen molar-refractivity contribution in [1.29, 1.82) is 0 Å². The van der Waals surface area contributed by atoms with Crippen molar-refractivity contribution in [2.75, 3.05) is 0 Å². The van der Waals surface area contributed by atoms with E-state index in [1.165, 1.54) is 0 Å². The van der Waals surface area contributed by atoms with Gasteiger partial charge in [0.25, 0.3) is 0 Å². The average molecular weight is 265 g/mol. The summed E-state index contributed by atoms with van der Waals surface area (Å²) in [6.07, 6.45) is -3.12. The Kier molecular flexibility index (Phi) is 4.57. The zero-order valence-corrected chi connectivity index (χ0v) is 9.98. The number of benzene rings is 1. The van der Waals surface area contributed by atoms with Crippen molar-refractivity contribution in [2.24, 2.45) is 0 Å². The van der Waals surface area contributed by atoms with Crippen LogP contribution >= 0.6 is 11.6 Å². The highest BCUT2D eigenvalue weighted by molar-refractivity contribution is 6.33. The summed E-state index contributed by atoms with van der Waals surface area (Å²) in [5.74, 6) is -0.331. The quantitative estimate of drug-likeness (QED) is 0.585. The van der Waals surface area contributed by atoms with E-state index in [1.807, 2.05) is 6.92 Å². The number of halogens is 4. The van der Waals surface area contributed by atoms with Crippen LogP contribution in [0.15, 0.2) is 24.3 Å².